The number of benzene rings is 1. The second-order valence-electron chi connectivity index (χ2n) is 4.19. The predicted molar refractivity (Wildman–Crippen MR) is 78.0 cm³/mol. The normalized spacial score (nSPS) is 11.1. The summed E-state index contributed by atoms with van der Waals surface area (Å²) >= 11 is 3.01. The van der Waals surface area contributed by atoms with Crippen LogP contribution in [0.1, 0.15) is 13.8 Å². The van der Waals surface area contributed by atoms with Crippen LogP contribution in [-0.4, -0.2) is 22.7 Å². The number of aromatic nitrogens is 1. The molecule has 1 aromatic carbocycles. The number of nitrogens with one attached hydrogen (secondary N) is 1. The number of rotatable bonds is 4. The van der Waals surface area contributed by atoms with E-state index in [0.29, 0.717) is 11.4 Å². The molecule has 96 valence electrons. The molecule has 0 aliphatic carbocycles. The third-order valence-corrected chi connectivity index (χ3v) is 4.18. The van der Waals surface area contributed by atoms with Gasteiger partial charge in [0, 0.05) is 10.9 Å². The molecule has 1 aromatic heterocycles. The van der Waals surface area contributed by atoms with Crippen LogP contribution >= 0.6 is 23.1 Å². The standard InChI is InChI=1S/C12H15N3OS2/c1-7(2)15-10(16)5-17-8-3-4-9-12(11(8)13)14-6-18-9/h3-4,6-7H,5,13H2,1-2H3,(H,15,16). The molecule has 0 unspecified atom stereocenters. The topological polar surface area (TPSA) is 68.0 Å². The third-order valence-electron chi connectivity index (χ3n) is 2.31. The molecule has 4 nitrogen and oxygen atoms in total. The molecular formula is C12H15N3OS2. The molecule has 0 fully saturated rings. The minimum Gasteiger partial charge on any atom is -0.396 e. The van der Waals surface area contributed by atoms with Crippen molar-refractivity contribution in [2.45, 2.75) is 24.8 Å². The number of amides is 1. The van der Waals surface area contributed by atoms with E-state index in [1.807, 2.05) is 26.0 Å². The smallest absolute Gasteiger partial charge is 0.230 e. The number of thiazole rings is 1. The summed E-state index contributed by atoms with van der Waals surface area (Å²) < 4.78 is 1.07. The number of nitrogen functional groups attached to an aromatic ring is 1. The summed E-state index contributed by atoms with van der Waals surface area (Å²) in [4.78, 5) is 16.7. The number of carbonyl (C=O) groups is 1. The van der Waals surface area contributed by atoms with E-state index < -0.39 is 0 Å². The predicted octanol–water partition coefficient (Wildman–Crippen LogP) is 2.50. The number of hydrogen-bond donors (Lipinski definition) is 2. The van der Waals surface area contributed by atoms with Crippen LogP contribution < -0.4 is 11.1 Å². The van der Waals surface area contributed by atoms with E-state index in [2.05, 4.69) is 10.3 Å². The molecule has 0 atom stereocenters. The fourth-order valence-electron chi connectivity index (χ4n) is 1.57. The van der Waals surface area contributed by atoms with Gasteiger partial charge in [-0.25, -0.2) is 4.98 Å². The highest BCUT2D eigenvalue weighted by molar-refractivity contribution is 8.00. The van der Waals surface area contributed by atoms with Gasteiger partial charge < -0.3 is 11.1 Å². The third kappa shape index (κ3) is 2.94. The van der Waals surface area contributed by atoms with Crippen LogP contribution in [0.2, 0.25) is 0 Å². The number of carbonyl (C=O) groups excluding carboxylic acids is 1. The summed E-state index contributed by atoms with van der Waals surface area (Å²) in [5.74, 6) is 0.394. The number of nitrogens with two attached hydrogens (primary N) is 1. The van der Waals surface area contributed by atoms with Crippen LogP contribution in [0.4, 0.5) is 5.69 Å². The summed E-state index contributed by atoms with van der Waals surface area (Å²) in [5, 5.41) is 2.85. The average molecular weight is 281 g/mol. The molecule has 0 aliphatic rings. The molecule has 1 heterocycles. The number of nitrogens with zero attached hydrogens (tertiary/aromatic N) is 1. The Morgan fingerprint density at radius 2 is 2.33 bits per heavy atom. The largest absolute Gasteiger partial charge is 0.396 e. The van der Waals surface area contributed by atoms with Crippen molar-refractivity contribution in [3.05, 3.63) is 17.6 Å². The van der Waals surface area contributed by atoms with Crippen LogP contribution in [0.15, 0.2) is 22.5 Å². The van der Waals surface area contributed by atoms with Crippen molar-refractivity contribution < 1.29 is 4.79 Å². The first kappa shape index (κ1) is 13.2. The lowest BCUT2D eigenvalue weighted by Crippen LogP contribution is -2.31. The van der Waals surface area contributed by atoms with E-state index in [1.165, 1.54) is 11.8 Å². The first-order valence-corrected chi connectivity index (χ1v) is 7.48. The molecule has 0 bridgehead atoms. The van der Waals surface area contributed by atoms with E-state index in [1.54, 1.807) is 16.8 Å². The average Bonchev–Trinajstić information content (AvgIpc) is 2.76. The van der Waals surface area contributed by atoms with Gasteiger partial charge in [0.25, 0.3) is 0 Å². The van der Waals surface area contributed by atoms with Crippen LogP contribution in [0.25, 0.3) is 10.2 Å². The Kier molecular flexibility index (Phi) is 4.08. The Balaban J connectivity index is 2.07. The number of hydrogen-bond acceptors (Lipinski definition) is 5. The van der Waals surface area contributed by atoms with Crippen LogP contribution in [0, 0.1) is 0 Å². The van der Waals surface area contributed by atoms with Crippen molar-refractivity contribution in [1.29, 1.82) is 0 Å². The summed E-state index contributed by atoms with van der Waals surface area (Å²) in [6.07, 6.45) is 0. The second kappa shape index (κ2) is 5.58. The molecule has 2 aromatic rings. The zero-order valence-corrected chi connectivity index (χ0v) is 11.9. The zero-order chi connectivity index (χ0) is 13.1. The van der Waals surface area contributed by atoms with E-state index in [9.17, 15) is 4.79 Å². The number of fused-ring (bicyclic) bond motifs is 1. The Bertz CT molecular complexity index is 565. The van der Waals surface area contributed by atoms with Crippen molar-refractivity contribution in [3.8, 4) is 0 Å². The summed E-state index contributed by atoms with van der Waals surface area (Å²) in [7, 11) is 0. The molecule has 0 saturated heterocycles. The fraction of sp³-hybridized carbons (Fsp3) is 0.333. The Hall–Kier alpha value is -1.27. The van der Waals surface area contributed by atoms with Crippen LogP contribution in [0.3, 0.4) is 0 Å². The highest BCUT2D eigenvalue weighted by Crippen LogP contribution is 2.32. The number of anilines is 1. The molecule has 1 amide bonds. The van der Waals surface area contributed by atoms with Gasteiger partial charge in [-0.05, 0) is 26.0 Å². The highest BCUT2D eigenvalue weighted by Gasteiger charge is 2.10. The molecular weight excluding hydrogens is 266 g/mol. The second-order valence-corrected chi connectivity index (χ2v) is 6.09. The Labute approximate surface area is 114 Å². The molecule has 6 heteroatoms. The maximum Gasteiger partial charge on any atom is 0.230 e. The van der Waals surface area contributed by atoms with Gasteiger partial charge in [0.15, 0.2) is 0 Å². The fourth-order valence-corrected chi connectivity index (χ4v) is 3.05. The van der Waals surface area contributed by atoms with Crippen molar-refractivity contribution in [1.82, 2.24) is 10.3 Å². The van der Waals surface area contributed by atoms with E-state index in [4.69, 9.17) is 5.73 Å². The van der Waals surface area contributed by atoms with E-state index >= 15 is 0 Å². The van der Waals surface area contributed by atoms with Gasteiger partial charge in [-0.1, -0.05) is 0 Å². The van der Waals surface area contributed by atoms with Gasteiger partial charge >= 0.3 is 0 Å². The highest BCUT2D eigenvalue weighted by atomic mass is 32.2. The van der Waals surface area contributed by atoms with Crippen molar-refractivity contribution in [2.75, 3.05) is 11.5 Å². The molecule has 2 rings (SSSR count). The molecule has 0 radical (unpaired) electrons. The van der Waals surface area contributed by atoms with Crippen molar-refractivity contribution in [3.63, 3.8) is 0 Å². The SMILES string of the molecule is CC(C)NC(=O)CSc1ccc2scnc2c1N. The molecule has 0 aliphatic heterocycles. The first-order valence-electron chi connectivity index (χ1n) is 5.61. The summed E-state index contributed by atoms with van der Waals surface area (Å²) in [6.45, 7) is 3.89. The lowest BCUT2D eigenvalue weighted by Gasteiger charge is -2.09. The van der Waals surface area contributed by atoms with Gasteiger partial charge in [-0.3, -0.25) is 4.79 Å². The zero-order valence-electron chi connectivity index (χ0n) is 10.3. The van der Waals surface area contributed by atoms with Gasteiger partial charge in [0.2, 0.25) is 5.91 Å². The van der Waals surface area contributed by atoms with Gasteiger partial charge in [-0.2, -0.15) is 0 Å². The lowest BCUT2D eigenvalue weighted by atomic mass is 10.3. The first-order chi connectivity index (χ1) is 8.58. The van der Waals surface area contributed by atoms with Gasteiger partial charge in [-0.15, -0.1) is 23.1 Å². The van der Waals surface area contributed by atoms with E-state index in [0.717, 1.165) is 15.1 Å². The summed E-state index contributed by atoms with van der Waals surface area (Å²) in [5.41, 5.74) is 9.31. The Morgan fingerprint density at radius 1 is 1.56 bits per heavy atom. The monoisotopic (exact) mass is 281 g/mol. The van der Waals surface area contributed by atoms with Crippen molar-refractivity contribution in [2.24, 2.45) is 0 Å². The molecule has 0 spiro atoms. The molecule has 18 heavy (non-hydrogen) atoms. The maximum atomic E-state index is 11.6. The van der Waals surface area contributed by atoms with Crippen molar-refractivity contribution >= 4 is 44.9 Å². The summed E-state index contributed by atoms with van der Waals surface area (Å²) in [6, 6.07) is 4.10. The molecule has 0 saturated carbocycles. The van der Waals surface area contributed by atoms with Crippen LogP contribution in [0.5, 0.6) is 0 Å². The molecule has 3 N–H and O–H groups in total. The van der Waals surface area contributed by atoms with Gasteiger partial charge in [0.05, 0.1) is 21.7 Å². The van der Waals surface area contributed by atoms with Crippen LogP contribution in [-0.2, 0) is 4.79 Å². The minimum absolute atomic E-state index is 0.0211. The lowest BCUT2D eigenvalue weighted by molar-refractivity contribution is -0.119. The van der Waals surface area contributed by atoms with E-state index in [-0.39, 0.29) is 11.9 Å². The maximum absolute atomic E-state index is 11.6. The number of thioether (sulfide) groups is 1. The van der Waals surface area contributed by atoms with Gasteiger partial charge in [0.1, 0.15) is 5.52 Å². The minimum atomic E-state index is 0.0211. The Morgan fingerprint density at radius 3 is 3.06 bits per heavy atom. The quantitative estimate of drug-likeness (QED) is 0.667.